The highest BCUT2D eigenvalue weighted by Crippen LogP contribution is 2.22. The quantitative estimate of drug-likeness (QED) is 0.916. The smallest absolute Gasteiger partial charge is 0.322 e. The Morgan fingerprint density at radius 2 is 2.16 bits per heavy atom. The van der Waals surface area contributed by atoms with E-state index in [1.54, 1.807) is 19.1 Å². The summed E-state index contributed by atoms with van der Waals surface area (Å²) in [6.07, 6.45) is 0. The van der Waals surface area contributed by atoms with Crippen molar-refractivity contribution in [3.05, 3.63) is 33.8 Å². The minimum atomic E-state index is -0.441. The first kappa shape index (κ1) is 14.0. The van der Waals surface area contributed by atoms with E-state index in [-0.39, 0.29) is 22.9 Å². The van der Waals surface area contributed by atoms with Crippen LogP contribution in [0.25, 0.3) is 0 Å². The van der Waals surface area contributed by atoms with Crippen molar-refractivity contribution in [1.29, 1.82) is 0 Å². The van der Waals surface area contributed by atoms with Crippen LogP contribution >= 0.6 is 27.5 Å². The van der Waals surface area contributed by atoms with Crippen molar-refractivity contribution in [1.82, 2.24) is 15.0 Å². The zero-order valence-corrected chi connectivity index (χ0v) is 12.2. The second-order valence-corrected chi connectivity index (χ2v) is 4.65. The molecule has 1 aromatic heterocycles. The zero-order valence-electron chi connectivity index (χ0n) is 9.82. The topological polar surface area (TPSA) is 59.9 Å². The molecule has 8 heteroatoms. The van der Waals surface area contributed by atoms with Crippen LogP contribution in [0.1, 0.15) is 6.92 Å². The predicted octanol–water partition coefficient (Wildman–Crippen LogP) is 3.57. The van der Waals surface area contributed by atoms with Crippen LogP contribution < -0.4 is 10.1 Å². The SMILES string of the molecule is CCOc1nc(Cl)nc(Nc2ccc(Br)cc2F)n1. The summed E-state index contributed by atoms with van der Waals surface area (Å²) in [6, 6.07) is 4.66. The van der Waals surface area contributed by atoms with E-state index < -0.39 is 5.82 Å². The molecule has 0 saturated carbocycles. The summed E-state index contributed by atoms with van der Waals surface area (Å²) in [7, 11) is 0. The molecule has 1 heterocycles. The van der Waals surface area contributed by atoms with Crippen molar-refractivity contribution in [2.75, 3.05) is 11.9 Å². The van der Waals surface area contributed by atoms with Crippen molar-refractivity contribution in [2.24, 2.45) is 0 Å². The zero-order chi connectivity index (χ0) is 13.8. The van der Waals surface area contributed by atoms with Crippen LogP contribution in [0.4, 0.5) is 16.0 Å². The molecule has 2 rings (SSSR count). The summed E-state index contributed by atoms with van der Waals surface area (Å²) in [5.41, 5.74) is 0.230. The van der Waals surface area contributed by atoms with E-state index >= 15 is 0 Å². The van der Waals surface area contributed by atoms with Crippen molar-refractivity contribution in [3.8, 4) is 6.01 Å². The molecule has 0 aliphatic rings. The van der Waals surface area contributed by atoms with E-state index in [0.717, 1.165) is 0 Å². The number of benzene rings is 1. The lowest BCUT2D eigenvalue weighted by Crippen LogP contribution is -2.04. The van der Waals surface area contributed by atoms with Crippen LogP contribution in [0.3, 0.4) is 0 Å². The lowest BCUT2D eigenvalue weighted by atomic mass is 10.3. The van der Waals surface area contributed by atoms with E-state index in [1.807, 2.05) is 0 Å². The fourth-order valence-corrected chi connectivity index (χ4v) is 1.78. The highest BCUT2D eigenvalue weighted by molar-refractivity contribution is 9.10. The van der Waals surface area contributed by atoms with Gasteiger partial charge < -0.3 is 10.1 Å². The van der Waals surface area contributed by atoms with Gasteiger partial charge in [-0.2, -0.15) is 15.0 Å². The van der Waals surface area contributed by atoms with Gasteiger partial charge in [0.15, 0.2) is 0 Å². The largest absolute Gasteiger partial charge is 0.464 e. The highest BCUT2D eigenvalue weighted by Gasteiger charge is 2.08. The van der Waals surface area contributed by atoms with Gasteiger partial charge in [0.2, 0.25) is 11.2 Å². The Bertz CT molecular complexity index is 599. The molecule has 0 unspecified atom stereocenters. The summed E-state index contributed by atoms with van der Waals surface area (Å²) in [6.45, 7) is 2.19. The first-order valence-electron chi connectivity index (χ1n) is 5.35. The third-order valence-corrected chi connectivity index (χ3v) is 2.70. The minimum Gasteiger partial charge on any atom is -0.464 e. The second kappa shape index (κ2) is 6.12. The maximum absolute atomic E-state index is 13.7. The monoisotopic (exact) mass is 346 g/mol. The molecule has 2 aromatic rings. The average molecular weight is 348 g/mol. The van der Waals surface area contributed by atoms with Gasteiger partial charge in [0.25, 0.3) is 0 Å². The Labute approximate surface area is 122 Å². The maximum Gasteiger partial charge on any atom is 0.322 e. The van der Waals surface area contributed by atoms with Gasteiger partial charge in [0, 0.05) is 4.47 Å². The minimum absolute atomic E-state index is 0.0292. The van der Waals surface area contributed by atoms with Gasteiger partial charge in [-0.05, 0) is 36.7 Å². The molecule has 0 aliphatic carbocycles. The van der Waals surface area contributed by atoms with Gasteiger partial charge in [-0.1, -0.05) is 15.9 Å². The molecular formula is C11H9BrClFN4O. The van der Waals surface area contributed by atoms with Crippen LogP contribution in [-0.4, -0.2) is 21.6 Å². The third kappa shape index (κ3) is 3.74. The lowest BCUT2D eigenvalue weighted by molar-refractivity contribution is 0.312. The number of hydrogen-bond donors (Lipinski definition) is 1. The molecule has 1 aromatic carbocycles. The Hall–Kier alpha value is -1.47. The van der Waals surface area contributed by atoms with E-state index in [2.05, 4.69) is 36.2 Å². The molecule has 1 N–H and O–H groups in total. The number of hydrogen-bond acceptors (Lipinski definition) is 5. The van der Waals surface area contributed by atoms with Crippen molar-refractivity contribution < 1.29 is 9.13 Å². The first-order valence-corrected chi connectivity index (χ1v) is 6.52. The summed E-state index contributed by atoms with van der Waals surface area (Å²) in [5.74, 6) is -0.325. The van der Waals surface area contributed by atoms with Crippen LogP contribution in [-0.2, 0) is 0 Å². The molecular weight excluding hydrogens is 339 g/mol. The molecule has 0 aliphatic heterocycles. The number of rotatable bonds is 4. The summed E-state index contributed by atoms with van der Waals surface area (Å²) < 4.78 is 19.4. The van der Waals surface area contributed by atoms with Gasteiger partial charge in [-0.25, -0.2) is 4.39 Å². The van der Waals surface area contributed by atoms with E-state index in [1.165, 1.54) is 6.07 Å². The molecule has 5 nitrogen and oxygen atoms in total. The Morgan fingerprint density at radius 1 is 1.37 bits per heavy atom. The molecule has 0 fully saturated rings. The fraction of sp³-hybridized carbons (Fsp3) is 0.182. The van der Waals surface area contributed by atoms with Crippen LogP contribution in [0.2, 0.25) is 5.28 Å². The van der Waals surface area contributed by atoms with Crippen molar-refractivity contribution in [3.63, 3.8) is 0 Å². The normalized spacial score (nSPS) is 10.3. The predicted molar refractivity (Wildman–Crippen MR) is 73.4 cm³/mol. The van der Waals surface area contributed by atoms with Crippen molar-refractivity contribution in [2.45, 2.75) is 6.92 Å². The second-order valence-electron chi connectivity index (χ2n) is 3.39. The molecule has 0 amide bonds. The third-order valence-electron chi connectivity index (χ3n) is 2.04. The summed E-state index contributed by atoms with van der Waals surface area (Å²) >= 11 is 8.91. The molecule has 100 valence electrons. The summed E-state index contributed by atoms with van der Waals surface area (Å²) in [5, 5.41) is 2.69. The van der Waals surface area contributed by atoms with Gasteiger partial charge in [0.05, 0.1) is 12.3 Å². The Kier molecular flexibility index (Phi) is 4.49. The standard InChI is InChI=1S/C11H9BrClFN4O/c1-2-19-11-17-9(13)16-10(18-11)15-8-4-3-6(12)5-7(8)14/h3-5H,2H2,1H3,(H,15,16,17,18). The van der Waals surface area contributed by atoms with E-state index in [4.69, 9.17) is 16.3 Å². The molecule has 0 radical (unpaired) electrons. The van der Waals surface area contributed by atoms with E-state index in [9.17, 15) is 4.39 Å². The Morgan fingerprint density at radius 3 is 2.84 bits per heavy atom. The number of aromatic nitrogens is 3. The van der Waals surface area contributed by atoms with E-state index in [0.29, 0.717) is 11.1 Å². The number of nitrogens with one attached hydrogen (secondary N) is 1. The molecule has 0 saturated heterocycles. The number of halogens is 3. The van der Waals surface area contributed by atoms with Crippen LogP contribution in [0.15, 0.2) is 22.7 Å². The van der Waals surface area contributed by atoms with Crippen LogP contribution in [0, 0.1) is 5.82 Å². The molecule has 0 atom stereocenters. The summed E-state index contributed by atoms with van der Waals surface area (Å²) in [4.78, 5) is 11.6. The Balaban J connectivity index is 2.27. The number of nitrogens with zero attached hydrogens (tertiary/aromatic N) is 3. The molecule has 0 bridgehead atoms. The fourth-order valence-electron chi connectivity index (χ4n) is 1.29. The van der Waals surface area contributed by atoms with Gasteiger partial charge in [0.1, 0.15) is 5.82 Å². The number of anilines is 2. The highest BCUT2D eigenvalue weighted by atomic mass is 79.9. The lowest BCUT2D eigenvalue weighted by Gasteiger charge is -2.07. The molecule has 19 heavy (non-hydrogen) atoms. The van der Waals surface area contributed by atoms with Crippen LogP contribution in [0.5, 0.6) is 6.01 Å². The van der Waals surface area contributed by atoms with Crippen molar-refractivity contribution >= 4 is 39.2 Å². The molecule has 0 spiro atoms. The van der Waals surface area contributed by atoms with Gasteiger partial charge >= 0.3 is 6.01 Å². The number of ether oxygens (including phenoxy) is 1. The maximum atomic E-state index is 13.7. The van der Waals surface area contributed by atoms with Gasteiger partial charge in [-0.3, -0.25) is 0 Å². The average Bonchev–Trinajstić information content (AvgIpc) is 2.32. The van der Waals surface area contributed by atoms with Gasteiger partial charge in [-0.15, -0.1) is 0 Å². The first-order chi connectivity index (χ1) is 9.08.